The average molecular weight is 776 g/mol. The molecule has 0 aliphatic heterocycles. The van der Waals surface area contributed by atoms with Crippen molar-refractivity contribution in [2.24, 2.45) is 0 Å². The molecular weight excluding hydrogens is 730 g/mol. The van der Waals surface area contributed by atoms with Crippen LogP contribution in [0, 0.1) is 42.5 Å². The molecule has 0 aliphatic carbocycles. The zero-order valence-electron chi connectivity index (χ0n) is 27.6. The molecule has 2 N–H and O–H groups in total. The third-order valence-electron chi connectivity index (χ3n) is 7.14. The van der Waals surface area contributed by atoms with Crippen LogP contribution in [0.1, 0.15) is 44.5 Å². The summed E-state index contributed by atoms with van der Waals surface area (Å²) in [6.45, 7) is 13.0. The van der Waals surface area contributed by atoms with Crippen LogP contribution in [0.3, 0.4) is 0 Å². The first kappa shape index (κ1) is 45.0. The molecular formula is C36H46Cl4N2O2Ti2-2. The summed E-state index contributed by atoms with van der Waals surface area (Å²) in [5, 5.41) is 20.6. The molecule has 0 radical (unpaired) electrons. The van der Waals surface area contributed by atoms with E-state index in [1.807, 2.05) is 27.7 Å². The van der Waals surface area contributed by atoms with Crippen molar-refractivity contribution in [2.45, 2.75) is 53.9 Å². The third-order valence-corrected chi connectivity index (χ3v) is 7.14. The molecule has 4 nitrogen and oxygen atoms in total. The Morgan fingerprint density at radius 2 is 0.717 bits per heavy atom. The number of hydrogen-bond acceptors (Lipinski definition) is 4. The van der Waals surface area contributed by atoms with Gasteiger partial charge in [0.15, 0.2) is 0 Å². The van der Waals surface area contributed by atoms with Gasteiger partial charge in [0.1, 0.15) is 11.5 Å². The van der Waals surface area contributed by atoms with Gasteiger partial charge in [0, 0.05) is 39.3 Å². The van der Waals surface area contributed by atoms with E-state index in [1.54, 1.807) is 0 Å². The van der Waals surface area contributed by atoms with E-state index in [2.05, 4.69) is 94.7 Å². The van der Waals surface area contributed by atoms with E-state index in [9.17, 15) is 10.2 Å². The molecule has 0 saturated carbocycles. The van der Waals surface area contributed by atoms with Gasteiger partial charge in [0.2, 0.25) is 0 Å². The summed E-state index contributed by atoms with van der Waals surface area (Å²) in [7, 11) is 19.6. The Labute approximate surface area is 311 Å². The molecule has 4 aromatic carbocycles. The second-order valence-corrected chi connectivity index (χ2v) is 15.9. The minimum absolute atomic E-state index is 0. The number of phenols is 2. The minimum atomic E-state index is -0.556. The Morgan fingerprint density at radius 3 is 0.978 bits per heavy atom. The van der Waals surface area contributed by atoms with E-state index in [1.165, 1.54) is 22.3 Å². The summed E-state index contributed by atoms with van der Waals surface area (Å²) in [6, 6.07) is 29.6. The van der Waals surface area contributed by atoms with Gasteiger partial charge in [0.25, 0.3) is 0 Å². The van der Waals surface area contributed by atoms with E-state index in [4.69, 9.17) is 37.2 Å². The van der Waals surface area contributed by atoms with Crippen molar-refractivity contribution < 1.29 is 44.3 Å². The van der Waals surface area contributed by atoms with Gasteiger partial charge in [-0.25, -0.2) is 0 Å². The molecule has 0 spiro atoms. The van der Waals surface area contributed by atoms with Crippen LogP contribution < -0.4 is 0 Å². The van der Waals surface area contributed by atoms with Gasteiger partial charge in [-0.15, -0.1) is 0 Å². The van der Waals surface area contributed by atoms with E-state index in [0.29, 0.717) is 11.5 Å². The second kappa shape index (κ2) is 25.0. The van der Waals surface area contributed by atoms with Crippen molar-refractivity contribution in [3.63, 3.8) is 0 Å². The molecule has 250 valence electrons. The van der Waals surface area contributed by atoms with E-state index in [-0.39, 0.29) is 14.9 Å². The summed E-state index contributed by atoms with van der Waals surface area (Å²) in [6.07, 6.45) is 0. The number of aryl methyl sites for hydroxylation is 4. The molecule has 0 bridgehead atoms. The van der Waals surface area contributed by atoms with Crippen LogP contribution in [0.5, 0.6) is 11.5 Å². The van der Waals surface area contributed by atoms with Gasteiger partial charge in [0.05, 0.1) is 0 Å². The van der Waals surface area contributed by atoms with Crippen LogP contribution in [0.2, 0.25) is 0 Å². The van der Waals surface area contributed by atoms with Crippen LogP contribution in [-0.2, 0) is 60.2 Å². The molecule has 0 aliphatic rings. The monoisotopic (exact) mass is 774 g/mol. The fourth-order valence-corrected chi connectivity index (χ4v) is 5.18. The van der Waals surface area contributed by atoms with Crippen LogP contribution in [0.15, 0.2) is 84.9 Å². The predicted molar refractivity (Wildman–Crippen MR) is 193 cm³/mol. The first-order valence-electron chi connectivity index (χ1n) is 14.1. The van der Waals surface area contributed by atoms with Crippen LogP contribution in [0.25, 0.3) is 0 Å². The van der Waals surface area contributed by atoms with Crippen molar-refractivity contribution in [2.75, 3.05) is 13.1 Å². The summed E-state index contributed by atoms with van der Waals surface area (Å²) < 4.78 is 0. The number of rotatable bonds is 11. The van der Waals surface area contributed by atoms with Crippen LogP contribution in [-0.4, -0.2) is 33.1 Å². The maximum atomic E-state index is 10.3. The van der Waals surface area contributed by atoms with Gasteiger partial charge in [-0.2, -0.15) is 0 Å². The summed E-state index contributed by atoms with van der Waals surface area (Å²) in [4.78, 5) is 4.98. The average Bonchev–Trinajstić information content (AvgIpc) is 2.99. The topological polar surface area (TPSA) is 46.9 Å². The Morgan fingerprint density at radius 1 is 0.478 bits per heavy atom. The van der Waals surface area contributed by atoms with E-state index in [0.717, 1.165) is 61.5 Å². The summed E-state index contributed by atoms with van der Waals surface area (Å²) >= 11 is -1.11. The maximum absolute atomic E-state index is 10.3. The SMILES string of the molecule is Cc1cc(CN(CCN(Cc2ccccc2)Cc2cc(C)c(O)c(C)c2)Cc2ccccc2)cc(C)c1O.[CH3-].[CH3-].[Cl][Ti][Cl].[Cl][Ti][Cl]. The molecule has 46 heavy (non-hydrogen) atoms. The molecule has 4 aromatic rings. The van der Waals surface area contributed by atoms with Crippen molar-refractivity contribution in [3.05, 3.63) is 144 Å². The molecule has 0 amide bonds. The van der Waals surface area contributed by atoms with Crippen LogP contribution >= 0.6 is 37.2 Å². The number of aromatic hydroxyl groups is 2. The van der Waals surface area contributed by atoms with Gasteiger partial charge in [-0.3, -0.25) is 9.80 Å². The van der Waals surface area contributed by atoms with Crippen molar-refractivity contribution in [1.29, 1.82) is 0 Å². The first-order chi connectivity index (χ1) is 21.1. The Balaban J connectivity index is 0.00000235. The van der Waals surface area contributed by atoms with Gasteiger partial charge < -0.3 is 25.1 Å². The Kier molecular flexibility index (Phi) is 24.5. The summed E-state index contributed by atoms with van der Waals surface area (Å²) in [5.74, 6) is 0.772. The molecule has 0 heterocycles. The number of halogens is 4. The molecule has 0 unspecified atom stereocenters. The van der Waals surface area contributed by atoms with Crippen molar-refractivity contribution in [3.8, 4) is 11.5 Å². The van der Waals surface area contributed by atoms with Crippen molar-refractivity contribution in [1.82, 2.24) is 9.80 Å². The van der Waals surface area contributed by atoms with Crippen molar-refractivity contribution >= 4 is 37.2 Å². The zero-order chi connectivity index (χ0) is 32.5. The Hall–Kier alpha value is -1.01. The molecule has 10 heteroatoms. The predicted octanol–water partition coefficient (Wildman–Crippen LogP) is 10.7. The van der Waals surface area contributed by atoms with Crippen LogP contribution in [0.4, 0.5) is 0 Å². The third kappa shape index (κ3) is 16.4. The van der Waals surface area contributed by atoms with E-state index < -0.39 is 34.1 Å². The zero-order valence-corrected chi connectivity index (χ0v) is 33.8. The summed E-state index contributed by atoms with van der Waals surface area (Å²) in [5.41, 5.74) is 8.69. The number of nitrogens with zero attached hydrogens (tertiary/aromatic N) is 2. The van der Waals surface area contributed by atoms with E-state index >= 15 is 0 Å². The normalized spacial score (nSPS) is 10.0. The number of benzene rings is 4. The van der Waals surface area contributed by atoms with Gasteiger partial charge in [-0.05, 0) is 72.2 Å². The fraction of sp³-hybridized carbons (Fsp3) is 0.278. The molecule has 0 fully saturated rings. The number of phenolic OH excluding ortho intramolecular Hbond substituents is 2. The van der Waals surface area contributed by atoms with Gasteiger partial charge >= 0.3 is 71.3 Å². The molecule has 0 atom stereocenters. The van der Waals surface area contributed by atoms with Gasteiger partial charge in [-0.1, -0.05) is 84.9 Å². The first-order valence-corrected chi connectivity index (χ1v) is 22.7. The molecule has 0 aromatic heterocycles. The number of hydrogen-bond donors (Lipinski definition) is 2. The quantitative estimate of drug-likeness (QED) is 0.118. The molecule has 0 saturated heterocycles. The Bertz CT molecular complexity index is 1250. The fourth-order valence-electron chi connectivity index (χ4n) is 5.18. The molecule has 4 rings (SSSR count). The standard InChI is InChI=1S/C34H40N2O2.2CH3.4ClH.2Ti/c1-25-17-31(18-26(2)33(25)37)23-35(21-29-11-7-5-8-12-29)15-16-36(22-30-13-9-6-10-14-30)24-32-19-27(3)34(38)28(4)20-32;;;;;;;;/h5-14,17-20,37-38H,15-16,21-24H2,1-4H3;2*1H3;4*1H;;/q;2*-1;;;;;2*+2/p-4. The second-order valence-electron chi connectivity index (χ2n) is 10.7.